The number of hydrogen-bond acceptors (Lipinski definition) is 5. The lowest BCUT2D eigenvalue weighted by molar-refractivity contribution is 0.352. The molecule has 0 saturated carbocycles. The van der Waals surface area contributed by atoms with Crippen LogP contribution in [0.2, 0.25) is 0 Å². The topological polar surface area (TPSA) is 77.6 Å². The quantitative estimate of drug-likeness (QED) is 0.754. The Morgan fingerprint density at radius 2 is 1.96 bits per heavy atom. The molecule has 0 amide bonds. The normalized spacial score (nSPS) is 10.8. The summed E-state index contributed by atoms with van der Waals surface area (Å²) in [6, 6.07) is 11.3. The SMILES string of the molecule is COc1cc(-c2ccc(O)c3ncccc23)cc(CCN)c1OC. The lowest BCUT2D eigenvalue weighted by Crippen LogP contribution is -2.05. The Kier molecular flexibility index (Phi) is 4.53. The molecule has 0 unspecified atom stereocenters. The molecule has 3 rings (SSSR count). The fourth-order valence-electron chi connectivity index (χ4n) is 2.95. The molecule has 0 aliphatic rings. The summed E-state index contributed by atoms with van der Waals surface area (Å²) in [6.45, 7) is 0.515. The lowest BCUT2D eigenvalue weighted by atomic mass is 9.96. The van der Waals surface area contributed by atoms with Gasteiger partial charge in [0.1, 0.15) is 11.3 Å². The van der Waals surface area contributed by atoms with E-state index in [1.165, 1.54) is 0 Å². The van der Waals surface area contributed by atoms with Crippen LogP contribution in [-0.4, -0.2) is 30.9 Å². The minimum Gasteiger partial charge on any atom is -0.506 e. The fourth-order valence-corrected chi connectivity index (χ4v) is 2.95. The number of methoxy groups -OCH3 is 2. The molecule has 3 N–H and O–H groups in total. The van der Waals surface area contributed by atoms with Crippen molar-refractivity contribution in [3.8, 4) is 28.4 Å². The summed E-state index contributed by atoms with van der Waals surface area (Å²) in [4.78, 5) is 4.28. The van der Waals surface area contributed by atoms with E-state index in [9.17, 15) is 5.11 Å². The first-order chi connectivity index (χ1) is 11.7. The summed E-state index contributed by atoms with van der Waals surface area (Å²) in [5.41, 5.74) is 9.23. The molecule has 0 saturated heterocycles. The number of ether oxygens (including phenoxy) is 2. The van der Waals surface area contributed by atoms with Gasteiger partial charge in [0.2, 0.25) is 0 Å². The van der Waals surface area contributed by atoms with Gasteiger partial charge in [0.05, 0.1) is 14.2 Å². The highest BCUT2D eigenvalue weighted by atomic mass is 16.5. The third-order valence-electron chi connectivity index (χ3n) is 4.03. The van der Waals surface area contributed by atoms with Gasteiger partial charge in [0.25, 0.3) is 0 Å². The van der Waals surface area contributed by atoms with Crippen LogP contribution in [0.1, 0.15) is 5.56 Å². The minimum atomic E-state index is 0.164. The zero-order chi connectivity index (χ0) is 17.1. The van der Waals surface area contributed by atoms with E-state index in [-0.39, 0.29) is 5.75 Å². The number of rotatable bonds is 5. The number of phenolic OH excluding ortho intramolecular Hbond substituents is 1. The average molecular weight is 324 g/mol. The second-order valence-corrected chi connectivity index (χ2v) is 5.44. The van der Waals surface area contributed by atoms with E-state index >= 15 is 0 Å². The van der Waals surface area contributed by atoms with Crippen LogP contribution in [0.25, 0.3) is 22.0 Å². The fraction of sp³-hybridized carbons (Fsp3) is 0.211. The van der Waals surface area contributed by atoms with Gasteiger partial charge in [-0.1, -0.05) is 6.07 Å². The van der Waals surface area contributed by atoms with Gasteiger partial charge in [-0.15, -0.1) is 0 Å². The number of hydrogen-bond donors (Lipinski definition) is 2. The Morgan fingerprint density at radius 1 is 1.12 bits per heavy atom. The highest BCUT2D eigenvalue weighted by Crippen LogP contribution is 2.39. The molecule has 0 atom stereocenters. The Hall–Kier alpha value is -2.79. The van der Waals surface area contributed by atoms with E-state index in [1.54, 1.807) is 26.5 Å². The van der Waals surface area contributed by atoms with E-state index < -0.39 is 0 Å². The molecule has 5 nitrogen and oxygen atoms in total. The summed E-state index contributed by atoms with van der Waals surface area (Å²) < 4.78 is 11.0. The van der Waals surface area contributed by atoms with Crippen molar-refractivity contribution in [3.05, 3.63) is 48.2 Å². The Balaban J connectivity index is 2.27. The molecule has 24 heavy (non-hydrogen) atoms. The minimum absolute atomic E-state index is 0.164. The number of benzene rings is 2. The number of aromatic nitrogens is 1. The van der Waals surface area contributed by atoms with Gasteiger partial charge in [-0.05, 0) is 60.0 Å². The molecule has 1 heterocycles. The summed E-state index contributed by atoms with van der Waals surface area (Å²) >= 11 is 0. The highest BCUT2D eigenvalue weighted by molar-refractivity contribution is 5.98. The molecule has 0 spiro atoms. The summed E-state index contributed by atoms with van der Waals surface area (Å²) in [5.74, 6) is 1.52. The van der Waals surface area contributed by atoms with Crippen LogP contribution in [0.3, 0.4) is 0 Å². The highest BCUT2D eigenvalue weighted by Gasteiger charge is 2.15. The van der Waals surface area contributed by atoms with Gasteiger partial charge in [-0.2, -0.15) is 0 Å². The largest absolute Gasteiger partial charge is 0.506 e. The van der Waals surface area contributed by atoms with Crippen LogP contribution in [0, 0.1) is 0 Å². The van der Waals surface area contributed by atoms with Gasteiger partial charge >= 0.3 is 0 Å². The number of nitrogens with two attached hydrogens (primary N) is 1. The maximum Gasteiger partial charge on any atom is 0.163 e. The molecule has 0 bridgehead atoms. The van der Waals surface area contributed by atoms with E-state index in [1.807, 2.05) is 30.3 Å². The molecule has 0 radical (unpaired) electrons. The van der Waals surface area contributed by atoms with Crippen molar-refractivity contribution >= 4 is 10.9 Å². The number of aromatic hydroxyl groups is 1. The van der Waals surface area contributed by atoms with Gasteiger partial charge in [0.15, 0.2) is 11.5 Å². The first-order valence-corrected chi connectivity index (χ1v) is 7.71. The van der Waals surface area contributed by atoms with Crippen LogP contribution in [0.5, 0.6) is 17.2 Å². The molecule has 0 fully saturated rings. The molecule has 5 heteroatoms. The number of fused-ring (bicyclic) bond motifs is 1. The number of phenols is 1. The second kappa shape index (κ2) is 6.76. The number of nitrogens with zero attached hydrogens (tertiary/aromatic N) is 1. The third kappa shape index (κ3) is 2.74. The first kappa shape index (κ1) is 16.1. The van der Waals surface area contributed by atoms with E-state index in [0.29, 0.717) is 30.0 Å². The first-order valence-electron chi connectivity index (χ1n) is 7.71. The van der Waals surface area contributed by atoms with Crippen LogP contribution < -0.4 is 15.2 Å². The van der Waals surface area contributed by atoms with Gasteiger partial charge in [0, 0.05) is 11.6 Å². The van der Waals surface area contributed by atoms with Gasteiger partial charge in [-0.25, -0.2) is 0 Å². The summed E-state index contributed by atoms with van der Waals surface area (Å²) in [6.07, 6.45) is 2.35. The molecular weight excluding hydrogens is 304 g/mol. The lowest BCUT2D eigenvalue weighted by Gasteiger charge is -2.16. The van der Waals surface area contributed by atoms with Crippen molar-refractivity contribution in [2.24, 2.45) is 5.73 Å². The molecule has 3 aromatic rings. The maximum absolute atomic E-state index is 10.0. The van der Waals surface area contributed by atoms with Crippen molar-refractivity contribution in [1.82, 2.24) is 4.98 Å². The van der Waals surface area contributed by atoms with Gasteiger partial charge < -0.3 is 20.3 Å². The van der Waals surface area contributed by atoms with Crippen molar-refractivity contribution < 1.29 is 14.6 Å². The Bertz CT molecular complexity index is 878. The molecule has 0 aliphatic heterocycles. The van der Waals surface area contributed by atoms with Crippen molar-refractivity contribution in [1.29, 1.82) is 0 Å². The second-order valence-electron chi connectivity index (χ2n) is 5.44. The molecule has 124 valence electrons. The van der Waals surface area contributed by atoms with Crippen LogP contribution >= 0.6 is 0 Å². The zero-order valence-electron chi connectivity index (χ0n) is 13.7. The Labute approximate surface area is 140 Å². The number of pyridine rings is 1. The molecule has 0 aliphatic carbocycles. The summed E-state index contributed by atoms with van der Waals surface area (Å²) in [5, 5.41) is 10.9. The average Bonchev–Trinajstić information content (AvgIpc) is 2.62. The zero-order valence-corrected chi connectivity index (χ0v) is 13.7. The van der Waals surface area contributed by atoms with Crippen molar-refractivity contribution in [2.45, 2.75) is 6.42 Å². The predicted octanol–water partition coefficient (Wildman–Crippen LogP) is 3.13. The standard InChI is InChI=1S/C19H20N2O3/c1-23-17-11-13(10-12(7-8-20)19(17)24-2)14-5-6-16(22)18-15(14)4-3-9-21-18/h3-6,9-11,22H,7-8,20H2,1-2H3. The van der Waals surface area contributed by atoms with Crippen LogP contribution in [0.15, 0.2) is 42.6 Å². The molecule has 1 aromatic heterocycles. The van der Waals surface area contributed by atoms with Crippen LogP contribution in [-0.2, 0) is 6.42 Å². The summed E-state index contributed by atoms with van der Waals surface area (Å²) in [7, 11) is 3.24. The maximum atomic E-state index is 10.0. The van der Waals surface area contributed by atoms with Crippen molar-refractivity contribution in [2.75, 3.05) is 20.8 Å². The van der Waals surface area contributed by atoms with Crippen molar-refractivity contribution in [3.63, 3.8) is 0 Å². The van der Waals surface area contributed by atoms with E-state index in [4.69, 9.17) is 15.2 Å². The molecular formula is C19H20N2O3. The third-order valence-corrected chi connectivity index (χ3v) is 4.03. The monoisotopic (exact) mass is 324 g/mol. The predicted molar refractivity (Wildman–Crippen MR) is 94.7 cm³/mol. The smallest absolute Gasteiger partial charge is 0.163 e. The van der Waals surface area contributed by atoms with E-state index in [0.717, 1.165) is 22.1 Å². The van der Waals surface area contributed by atoms with Crippen LogP contribution in [0.4, 0.5) is 0 Å². The van der Waals surface area contributed by atoms with E-state index in [2.05, 4.69) is 4.98 Å². The Morgan fingerprint density at radius 3 is 2.67 bits per heavy atom. The van der Waals surface area contributed by atoms with Gasteiger partial charge in [-0.3, -0.25) is 4.98 Å². The molecule has 2 aromatic carbocycles.